The van der Waals surface area contributed by atoms with Gasteiger partial charge < -0.3 is 15.0 Å². The first-order chi connectivity index (χ1) is 17.0. The predicted molar refractivity (Wildman–Crippen MR) is 134 cm³/mol. The average molecular weight is 527 g/mol. The Morgan fingerprint density at radius 1 is 1.00 bits per heavy atom. The van der Waals surface area contributed by atoms with Crippen LogP contribution in [0, 0.1) is 0 Å². The molecule has 1 aliphatic carbocycles. The van der Waals surface area contributed by atoms with Gasteiger partial charge in [0.25, 0.3) is 0 Å². The number of benzene rings is 3. The van der Waals surface area contributed by atoms with Crippen molar-refractivity contribution < 1.29 is 54.0 Å². The van der Waals surface area contributed by atoms with Crippen LogP contribution < -0.4 is 34.9 Å². The van der Waals surface area contributed by atoms with Crippen LogP contribution in [0.2, 0.25) is 5.02 Å². The number of halogens is 1. The summed E-state index contributed by atoms with van der Waals surface area (Å²) in [6, 6.07) is 22.8. The van der Waals surface area contributed by atoms with Crippen molar-refractivity contribution in [3.8, 4) is 22.4 Å². The van der Waals surface area contributed by atoms with Crippen molar-refractivity contribution in [3.05, 3.63) is 88.9 Å². The first-order valence-corrected chi connectivity index (χ1v) is 11.5. The van der Waals surface area contributed by atoms with E-state index in [9.17, 15) is 9.59 Å². The quantitative estimate of drug-likeness (QED) is 0.289. The van der Waals surface area contributed by atoms with Gasteiger partial charge in [-0.05, 0) is 34.4 Å². The number of rotatable bonds is 7. The molecule has 3 aromatic carbocycles. The van der Waals surface area contributed by atoms with Gasteiger partial charge in [-0.1, -0.05) is 96.7 Å². The van der Waals surface area contributed by atoms with Gasteiger partial charge in [0.05, 0.1) is 0 Å². The van der Waals surface area contributed by atoms with Gasteiger partial charge in [-0.2, -0.15) is 0 Å². The summed E-state index contributed by atoms with van der Waals surface area (Å²) in [5.41, 5.74) is 4.42. The van der Waals surface area contributed by atoms with Crippen molar-refractivity contribution in [2.24, 2.45) is 0 Å². The van der Waals surface area contributed by atoms with Crippen LogP contribution in [0.5, 0.6) is 0 Å². The summed E-state index contributed by atoms with van der Waals surface area (Å²) in [5.74, 6) is 0.151. The van der Waals surface area contributed by atoms with Crippen molar-refractivity contribution >= 4 is 29.8 Å². The van der Waals surface area contributed by atoms with Crippen LogP contribution >= 0.6 is 11.6 Å². The van der Waals surface area contributed by atoms with E-state index in [-0.39, 0.29) is 40.9 Å². The van der Waals surface area contributed by atoms with E-state index in [1.807, 2.05) is 60.7 Å². The molecular weight excluding hydrogens is 505 g/mol. The molecule has 5 rings (SSSR count). The molecule has 0 saturated heterocycles. The maximum absolute atomic E-state index is 12.4. The van der Waals surface area contributed by atoms with Crippen LogP contribution in [0.25, 0.3) is 22.4 Å². The number of anilines is 1. The Balaban J connectivity index is 0.00000190. The van der Waals surface area contributed by atoms with Crippen molar-refractivity contribution in [3.63, 3.8) is 0 Å². The molecule has 37 heavy (non-hydrogen) atoms. The van der Waals surface area contributed by atoms with Crippen molar-refractivity contribution in [2.75, 3.05) is 5.32 Å². The van der Waals surface area contributed by atoms with Gasteiger partial charge in [-0.15, -0.1) is 5.41 Å². The maximum atomic E-state index is 12.4. The molecule has 0 bridgehead atoms. The van der Waals surface area contributed by atoms with Crippen molar-refractivity contribution in [1.29, 1.82) is 0 Å². The molecule has 1 amide bonds. The Kier molecular flexibility index (Phi) is 9.28. The van der Waals surface area contributed by atoms with Crippen LogP contribution in [-0.2, 0) is 14.9 Å². The molecule has 4 aromatic rings. The molecule has 1 aliphatic rings. The standard InChI is InChI=1S/C27H21ClN3O4.Na.H2O/c1-17(22-4-2-3-5-23(22)28)34-26(33)29-25-24(30-35-31-25)20-8-6-18(7-9-20)19-10-12-21(13-11-19)27(16-32)14-15-27;;/h2-13,17H,14-15H2,1H3,(H,29,31,33);;1H2/q-1;+1;/p-1/t17-;;/m1../s1. The van der Waals surface area contributed by atoms with Gasteiger partial charge in [0.2, 0.25) is 5.82 Å². The van der Waals surface area contributed by atoms with Crippen LogP contribution in [0.15, 0.2) is 77.4 Å². The molecule has 1 saturated carbocycles. The maximum Gasteiger partial charge on any atom is 1.00 e. The van der Waals surface area contributed by atoms with E-state index < -0.39 is 17.6 Å². The summed E-state index contributed by atoms with van der Waals surface area (Å²) in [5, 5.41) is 10.8. The van der Waals surface area contributed by atoms with E-state index in [0.717, 1.165) is 29.5 Å². The average Bonchev–Trinajstić information content (AvgIpc) is 3.56. The van der Waals surface area contributed by atoms with E-state index in [1.54, 1.807) is 19.1 Å². The Morgan fingerprint density at radius 3 is 2.19 bits per heavy atom. The summed E-state index contributed by atoms with van der Waals surface area (Å²) < 4.78 is 10.3. The fraction of sp³-hybridized carbons (Fsp3) is 0.185. The third-order valence-electron chi connectivity index (χ3n) is 6.21. The fourth-order valence-electron chi connectivity index (χ4n) is 3.99. The van der Waals surface area contributed by atoms with Crippen molar-refractivity contribution in [2.45, 2.75) is 31.3 Å². The van der Waals surface area contributed by atoms with E-state index in [4.69, 9.17) is 21.0 Å². The third kappa shape index (κ3) is 6.11. The SMILES string of the molecule is C[C@@H](OC(=O)Nc1nonc1-c1ccc(-c2ccc(C3([C-]=O)CC3)cc2)cc1)c1ccccc1Cl.[Na+].[OH-]. The first-order valence-electron chi connectivity index (χ1n) is 11.1. The molecule has 0 aliphatic heterocycles. The summed E-state index contributed by atoms with van der Waals surface area (Å²) in [6.45, 7) is 1.73. The molecule has 1 heterocycles. The van der Waals surface area contributed by atoms with Crippen LogP contribution in [0.3, 0.4) is 0 Å². The van der Waals surface area contributed by atoms with Gasteiger partial charge in [0.15, 0.2) is 5.69 Å². The topological polar surface area (TPSA) is 124 Å². The van der Waals surface area contributed by atoms with Gasteiger partial charge in [-0.3, -0.25) is 11.6 Å². The second-order valence-electron chi connectivity index (χ2n) is 8.49. The molecule has 0 spiro atoms. The number of nitrogens with zero attached hydrogens (tertiary/aromatic N) is 2. The van der Waals surface area contributed by atoms with E-state index in [0.29, 0.717) is 21.8 Å². The number of carbonyl (C=O) groups excluding carboxylic acids is 2. The van der Waals surface area contributed by atoms with E-state index in [2.05, 4.69) is 21.9 Å². The minimum atomic E-state index is -0.702. The summed E-state index contributed by atoms with van der Waals surface area (Å²) in [4.78, 5) is 23.7. The Bertz CT molecular complexity index is 1370. The summed E-state index contributed by atoms with van der Waals surface area (Å²) in [6.07, 6.45) is 2.63. The zero-order valence-corrected chi connectivity index (χ0v) is 23.0. The van der Waals surface area contributed by atoms with Crippen LogP contribution in [0.1, 0.15) is 37.0 Å². The largest absolute Gasteiger partial charge is 1.00 e. The van der Waals surface area contributed by atoms with Gasteiger partial charge in [-0.25, -0.2) is 9.42 Å². The number of aromatic nitrogens is 2. The Labute approximate surface area is 240 Å². The predicted octanol–water partition coefficient (Wildman–Crippen LogP) is 3.34. The number of amides is 1. The minimum absolute atomic E-state index is 0. The molecule has 1 atom stereocenters. The number of carbonyl (C=O) groups is 1. The number of nitrogens with one attached hydrogen (secondary N) is 1. The Morgan fingerprint density at radius 2 is 1.59 bits per heavy atom. The molecule has 0 unspecified atom stereocenters. The molecule has 0 radical (unpaired) electrons. The fourth-order valence-corrected chi connectivity index (χ4v) is 4.28. The molecule has 8 nitrogen and oxygen atoms in total. The molecule has 184 valence electrons. The minimum Gasteiger partial charge on any atom is -0.870 e. The second kappa shape index (κ2) is 12.0. The van der Waals surface area contributed by atoms with Crippen LogP contribution in [0.4, 0.5) is 10.6 Å². The van der Waals surface area contributed by atoms with Gasteiger partial charge >= 0.3 is 35.7 Å². The number of hydrogen-bond acceptors (Lipinski definition) is 7. The van der Waals surface area contributed by atoms with Crippen molar-refractivity contribution in [1.82, 2.24) is 10.3 Å². The van der Waals surface area contributed by atoms with Crippen LogP contribution in [-0.4, -0.2) is 28.2 Å². The number of hydrogen-bond donors (Lipinski definition) is 1. The molecule has 10 heteroatoms. The summed E-state index contributed by atoms with van der Waals surface area (Å²) in [7, 11) is 0. The Hall–Kier alpha value is -3.01. The van der Waals surface area contributed by atoms with Gasteiger partial charge in [0, 0.05) is 16.1 Å². The third-order valence-corrected chi connectivity index (χ3v) is 6.55. The van der Waals surface area contributed by atoms with E-state index >= 15 is 0 Å². The second-order valence-corrected chi connectivity index (χ2v) is 8.90. The summed E-state index contributed by atoms with van der Waals surface area (Å²) >= 11 is 6.18. The number of ether oxygens (including phenoxy) is 1. The van der Waals surface area contributed by atoms with E-state index in [1.165, 1.54) is 0 Å². The zero-order valence-electron chi connectivity index (χ0n) is 20.3. The molecule has 2 N–H and O–H groups in total. The first kappa shape index (κ1) is 28.6. The smallest absolute Gasteiger partial charge is 0.870 e. The molecule has 1 fully saturated rings. The molecular formula is C27H22ClN3NaO5-. The zero-order chi connectivity index (χ0) is 24.4. The van der Waals surface area contributed by atoms with Gasteiger partial charge in [0.1, 0.15) is 6.10 Å². The monoisotopic (exact) mass is 526 g/mol. The molecule has 1 aromatic heterocycles. The normalized spacial score (nSPS) is 13.9.